The Labute approximate surface area is 132 Å². The molecule has 5 nitrogen and oxygen atoms in total. The van der Waals surface area contributed by atoms with Crippen LogP contribution < -0.4 is 10.5 Å². The fourth-order valence-corrected chi connectivity index (χ4v) is 1.81. The summed E-state index contributed by atoms with van der Waals surface area (Å²) in [5, 5.41) is 0. The van der Waals surface area contributed by atoms with Gasteiger partial charge in [-0.15, -0.1) is 0 Å². The molecule has 6 heteroatoms. The summed E-state index contributed by atoms with van der Waals surface area (Å²) in [6.07, 6.45) is 0.0589. The number of esters is 2. The first-order valence-electron chi connectivity index (χ1n) is 6.22. The summed E-state index contributed by atoms with van der Waals surface area (Å²) >= 11 is 1.94. The highest BCUT2D eigenvalue weighted by atomic mass is 127. The minimum atomic E-state index is -0.690. The molecule has 0 radical (unpaired) electrons. The summed E-state index contributed by atoms with van der Waals surface area (Å²) in [4.78, 5) is 23.4. The van der Waals surface area contributed by atoms with Gasteiger partial charge in [-0.2, -0.15) is 0 Å². The number of halogens is 1. The van der Waals surface area contributed by atoms with E-state index >= 15 is 0 Å². The van der Waals surface area contributed by atoms with Crippen molar-refractivity contribution in [3.63, 3.8) is 0 Å². The van der Waals surface area contributed by atoms with Gasteiger partial charge in [0.15, 0.2) is 0 Å². The van der Waals surface area contributed by atoms with E-state index in [2.05, 4.69) is 0 Å². The molecule has 0 aliphatic heterocycles. The van der Waals surface area contributed by atoms with Gasteiger partial charge < -0.3 is 15.2 Å². The first-order valence-corrected chi connectivity index (χ1v) is 7.75. The third kappa shape index (κ3) is 5.09. The maximum Gasteiger partial charge on any atom is 0.328 e. The monoisotopic (exact) mass is 391 g/mol. The second kappa shape index (κ2) is 8.21. The lowest BCUT2D eigenvalue weighted by molar-refractivity contribution is -0.141. The normalized spacial score (nSPS) is 12.1. The Bertz CT molecular complexity index is 476. The molecule has 0 saturated heterocycles. The van der Waals surface area contributed by atoms with Crippen molar-refractivity contribution in [2.75, 3.05) is 4.61 Å². The highest BCUT2D eigenvalue weighted by molar-refractivity contribution is 14.1. The van der Waals surface area contributed by atoms with E-state index < -0.39 is 12.0 Å². The summed E-state index contributed by atoms with van der Waals surface area (Å²) in [6.45, 7) is 3.69. The van der Waals surface area contributed by atoms with Gasteiger partial charge in [0, 0.05) is 5.56 Å². The van der Waals surface area contributed by atoms with Crippen LogP contribution in [-0.2, 0) is 20.7 Å². The van der Waals surface area contributed by atoms with Gasteiger partial charge >= 0.3 is 11.9 Å². The Hall–Kier alpha value is -1.15. The molecule has 1 unspecified atom stereocenters. The van der Waals surface area contributed by atoms with Gasteiger partial charge in [0.2, 0.25) is 0 Å². The Balaban J connectivity index is 2.80. The molecule has 1 aromatic rings. The van der Waals surface area contributed by atoms with Crippen LogP contribution in [-0.4, -0.2) is 22.6 Å². The molecule has 0 aromatic heterocycles. The fourth-order valence-electron chi connectivity index (χ4n) is 1.47. The molecule has 1 rings (SSSR count). The number of benzene rings is 1. The molecule has 0 aliphatic carbocycles. The summed E-state index contributed by atoms with van der Waals surface area (Å²) in [6, 6.07) is 6.17. The number of hydrogen-bond donors (Lipinski definition) is 1. The van der Waals surface area contributed by atoms with E-state index in [1.54, 1.807) is 24.3 Å². The molecule has 0 bridgehead atoms. The molecule has 0 spiro atoms. The van der Waals surface area contributed by atoms with Crippen molar-refractivity contribution in [1.82, 2.24) is 0 Å². The average molecular weight is 391 g/mol. The lowest BCUT2D eigenvalue weighted by Gasteiger charge is -2.15. The molecule has 0 aliphatic rings. The summed E-state index contributed by atoms with van der Waals surface area (Å²) < 4.78 is 10.4. The number of alkyl halides is 1. The van der Waals surface area contributed by atoms with Crippen LogP contribution in [0, 0.1) is 5.92 Å². The van der Waals surface area contributed by atoms with Crippen molar-refractivity contribution < 1.29 is 19.1 Å². The minimum Gasteiger partial charge on any atom is -0.455 e. The van der Waals surface area contributed by atoms with Crippen molar-refractivity contribution in [1.29, 1.82) is 0 Å². The van der Waals surface area contributed by atoms with Crippen molar-refractivity contribution >= 4 is 34.5 Å². The number of ether oxygens (including phenoxy) is 2. The minimum absolute atomic E-state index is 0.0151. The molecule has 110 valence electrons. The topological polar surface area (TPSA) is 78.6 Å². The second-order valence-corrected chi connectivity index (χ2v) is 5.22. The predicted octanol–water partition coefficient (Wildman–Crippen LogP) is 2.05. The molecule has 0 heterocycles. The van der Waals surface area contributed by atoms with Crippen LogP contribution >= 0.6 is 22.6 Å². The SMILES string of the molecule is CC(C)C(N)C(=O)Oc1ccccc1CC(=O)OCI. The molecule has 0 fully saturated rings. The number of carbonyl (C=O) groups excluding carboxylic acids is 2. The Morgan fingerprint density at radius 2 is 1.95 bits per heavy atom. The largest absolute Gasteiger partial charge is 0.455 e. The zero-order valence-corrected chi connectivity index (χ0v) is 13.6. The van der Waals surface area contributed by atoms with Gasteiger partial charge in [-0.25, -0.2) is 4.79 Å². The van der Waals surface area contributed by atoms with Gasteiger partial charge in [-0.05, 0) is 34.6 Å². The highest BCUT2D eigenvalue weighted by Crippen LogP contribution is 2.20. The second-order valence-electron chi connectivity index (χ2n) is 4.60. The van der Waals surface area contributed by atoms with Crippen molar-refractivity contribution in [3.05, 3.63) is 29.8 Å². The molecule has 1 aromatic carbocycles. The molecule has 0 saturated carbocycles. The van der Waals surface area contributed by atoms with E-state index in [0.717, 1.165) is 0 Å². The van der Waals surface area contributed by atoms with Gasteiger partial charge in [0.1, 0.15) is 16.4 Å². The third-order valence-electron chi connectivity index (χ3n) is 2.72. The van der Waals surface area contributed by atoms with Crippen molar-refractivity contribution in [2.24, 2.45) is 11.7 Å². The van der Waals surface area contributed by atoms with Gasteiger partial charge in [0.05, 0.1) is 6.42 Å². The molecular formula is C14H18INO4. The number of carbonyl (C=O) groups is 2. The Morgan fingerprint density at radius 3 is 2.55 bits per heavy atom. The van der Waals surface area contributed by atoms with E-state index in [4.69, 9.17) is 15.2 Å². The summed E-state index contributed by atoms with van der Waals surface area (Å²) in [5.41, 5.74) is 6.34. The van der Waals surface area contributed by atoms with E-state index in [9.17, 15) is 9.59 Å². The van der Waals surface area contributed by atoms with Crippen LogP contribution in [0.3, 0.4) is 0 Å². The van der Waals surface area contributed by atoms with Crippen LogP contribution in [0.2, 0.25) is 0 Å². The van der Waals surface area contributed by atoms with Gasteiger partial charge in [0.25, 0.3) is 0 Å². The van der Waals surface area contributed by atoms with Gasteiger partial charge in [-0.3, -0.25) is 4.79 Å². The maximum atomic E-state index is 11.9. The maximum absolute atomic E-state index is 11.9. The standard InChI is InChI=1S/C14H18INO4/c1-9(2)13(16)14(18)20-11-6-4-3-5-10(11)7-12(17)19-8-15/h3-6,9,13H,7-8,16H2,1-2H3. The van der Waals surface area contributed by atoms with Crippen LogP contribution in [0.4, 0.5) is 0 Å². The van der Waals surface area contributed by atoms with Crippen molar-refractivity contribution in [3.8, 4) is 5.75 Å². The van der Waals surface area contributed by atoms with Crippen molar-refractivity contribution in [2.45, 2.75) is 26.3 Å². The number of nitrogens with two attached hydrogens (primary N) is 1. The van der Waals surface area contributed by atoms with E-state index in [0.29, 0.717) is 11.3 Å². The smallest absolute Gasteiger partial charge is 0.328 e. The number of rotatable bonds is 6. The van der Waals surface area contributed by atoms with E-state index in [1.807, 2.05) is 36.4 Å². The van der Waals surface area contributed by atoms with E-state index in [-0.39, 0.29) is 22.9 Å². The van der Waals surface area contributed by atoms with Crippen LogP contribution in [0.25, 0.3) is 0 Å². The summed E-state index contributed by atoms with van der Waals surface area (Å²) in [5.74, 6) is -0.538. The third-order valence-corrected chi connectivity index (χ3v) is 3.04. The average Bonchev–Trinajstić information content (AvgIpc) is 2.40. The first kappa shape index (κ1) is 16.9. The predicted molar refractivity (Wildman–Crippen MR) is 83.6 cm³/mol. The van der Waals surface area contributed by atoms with Crippen LogP contribution in [0.5, 0.6) is 5.75 Å². The molecule has 20 heavy (non-hydrogen) atoms. The van der Waals surface area contributed by atoms with Crippen LogP contribution in [0.1, 0.15) is 19.4 Å². The van der Waals surface area contributed by atoms with Crippen LogP contribution in [0.15, 0.2) is 24.3 Å². The Kier molecular flexibility index (Phi) is 6.94. The quantitative estimate of drug-likeness (QED) is 0.348. The lowest BCUT2D eigenvalue weighted by atomic mass is 10.1. The Morgan fingerprint density at radius 1 is 1.30 bits per heavy atom. The molecule has 1 atom stereocenters. The molecule has 0 amide bonds. The molecule has 2 N–H and O–H groups in total. The fraction of sp³-hybridized carbons (Fsp3) is 0.429. The first-order chi connectivity index (χ1) is 9.45. The zero-order valence-electron chi connectivity index (χ0n) is 11.5. The zero-order chi connectivity index (χ0) is 15.1. The number of hydrogen-bond acceptors (Lipinski definition) is 5. The highest BCUT2D eigenvalue weighted by Gasteiger charge is 2.21. The lowest BCUT2D eigenvalue weighted by Crippen LogP contribution is -2.38. The van der Waals surface area contributed by atoms with E-state index in [1.165, 1.54) is 0 Å². The van der Waals surface area contributed by atoms with Gasteiger partial charge in [-0.1, -0.05) is 32.0 Å². The molecular weight excluding hydrogens is 373 g/mol. The number of para-hydroxylation sites is 1. The summed E-state index contributed by atoms with van der Waals surface area (Å²) in [7, 11) is 0.